The van der Waals surface area contributed by atoms with Crippen molar-refractivity contribution in [1.82, 2.24) is 10.6 Å². The Balaban J connectivity index is 1.82. The number of hydrogen-bond acceptors (Lipinski definition) is 23. The molecule has 0 aliphatic carbocycles. The predicted molar refractivity (Wildman–Crippen MR) is 230 cm³/mol. The number of aliphatic hydroxyl groups excluding tert-OH is 16. The largest absolute Gasteiger partial charge is 0.394 e. The summed E-state index contributed by atoms with van der Waals surface area (Å²) in [6, 6.07) is 0. The first-order valence-corrected chi connectivity index (χ1v) is 22.0. The van der Waals surface area contributed by atoms with E-state index in [2.05, 4.69) is 16.0 Å². The van der Waals surface area contributed by atoms with Gasteiger partial charge in [0.05, 0.1) is 32.1 Å². The van der Waals surface area contributed by atoms with Gasteiger partial charge in [0.1, 0.15) is 85.5 Å². The van der Waals surface area contributed by atoms with Crippen LogP contribution in [0.4, 0.5) is 5.69 Å². The van der Waals surface area contributed by atoms with Crippen molar-refractivity contribution >= 4 is 91.2 Å². The summed E-state index contributed by atoms with van der Waals surface area (Å²) in [5.74, 6) is -3.13. The van der Waals surface area contributed by atoms with Crippen LogP contribution in [0, 0.1) is 10.7 Å². The van der Waals surface area contributed by atoms with E-state index < -0.39 is 167 Å². The molecule has 0 unspecified atom stereocenters. The van der Waals surface area contributed by atoms with E-state index in [0.717, 1.165) is 0 Å². The Morgan fingerprint density at radius 2 is 0.937 bits per heavy atom. The van der Waals surface area contributed by atoms with Crippen LogP contribution in [0.5, 0.6) is 0 Å². The molecule has 1 aromatic rings. The molecule has 3 amide bonds. The number of nitrogens with one attached hydrogen (secondary N) is 3. The van der Waals surface area contributed by atoms with Gasteiger partial charge < -0.3 is 117 Å². The molecule has 18 atom stereocenters. The molecule has 362 valence electrons. The van der Waals surface area contributed by atoms with Crippen LogP contribution >= 0.6 is 67.8 Å². The summed E-state index contributed by atoms with van der Waals surface area (Å²) >= 11 is 5.51. The van der Waals surface area contributed by atoms with Crippen LogP contribution in [-0.4, -0.2) is 236 Å². The number of anilines is 1. The molecule has 2 saturated heterocycles. The Bertz CT molecular complexity index is 1580. The van der Waals surface area contributed by atoms with Gasteiger partial charge in [0.2, 0.25) is 5.91 Å². The number of hydrogen-bond donors (Lipinski definition) is 19. The van der Waals surface area contributed by atoms with Gasteiger partial charge in [0, 0.05) is 41.9 Å². The monoisotopic (exact) mass is 1250 g/mol. The summed E-state index contributed by atoms with van der Waals surface area (Å²) in [4.78, 5) is 38.7. The molecule has 29 heteroatoms. The second-order valence-corrected chi connectivity index (χ2v) is 17.6. The zero-order chi connectivity index (χ0) is 47.8. The average molecular weight is 1250 g/mol. The zero-order valence-corrected chi connectivity index (χ0v) is 39.3. The standard InChI is InChI=1S/C34H52I3N3O23/c1-8(45)40-18-16(36)9(2-38-31(58)25(54)23(52)29(11(46)4-41)62-33-27(56)21(50)19(48)13(6-43)60-33)15(35)10(17(18)37)3-39-32(59)26(55)24(53)30(12(47)5-42)63-34-28(57)22(51)20(49)14(7-44)61-34/h11-14,19-30,33-34,41-44,46-57H,2-7H2,1H3,(H,38,58)(H,39,59)(H,40,45)/t11-,12-,13-,14-,19+,20+,21+,22+,23-,24-,25-,26-,27-,28-,29-,30-,33+,34+/m1/s1. The fourth-order valence-corrected chi connectivity index (χ4v) is 10.5. The molecule has 2 heterocycles. The maximum Gasteiger partial charge on any atom is 0.251 e. The Kier molecular flexibility index (Phi) is 22.7. The van der Waals surface area contributed by atoms with Gasteiger partial charge in [-0.05, 0) is 67.8 Å². The third-order valence-electron chi connectivity index (χ3n) is 9.95. The first kappa shape index (κ1) is 56.3. The van der Waals surface area contributed by atoms with E-state index in [0.29, 0.717) is 10.7 Å². The van der Waals surface area contributed by atoms with E-state index in [4.69, 9.17) is 18.9 Å². The highest BCUT2D eigenvalue weighted by molar-refractivity contribution is 14.1. The molecule has 0 radical (unpaired) electrons. The lowest BCUT2D eigenvalue weighted by Crippen LogP contribution is -2.62. The Labute approximate surface area is 398 Å². The molecule has 1 aromatic carbocycles. The van der Waals surface area contributed by atoms with Crippen LogP contribution in [0.15, 0.2) is 0 Å². The summed E-state index contributed by atoms with van der Waals surface area (Å²) in [5.41, 5.74) is 0.685. The minimum Gasteiger partial charge on any atom is -0.394 e. The van der Waals surface area contributed by atoms with Crippen LogP contribution in [0.2, 0.25) is 0 Å². The average Bonchev–Trinajstić information content (AvgIpc) is 3.26. The van der Waals surface area contributed by atoms with E-state index in [1.165, 1.54) is 6.92 Å². The zero-order valence-electron chi connectivity index (χ0n) is 32.8. The van der Waals surface area contributed by atoms with Crippen molar-refractivity contribution in [2.75, 3.05) is 31.7 Å². The minimum atomic E-state index is -2.43. The number of benzene rings is 1. The number of ether oxygens (including phenoxy) is 4. The van der Waals surface area contributed by atoms with Crippen LogP contribution in [0.25, 0.3) is 0 Å². The molecular weight excluding hydrogens is 1200 g/mol. The second-order valence-electron chi connectivity index (χ2n) is 14.4. The third kappa shape index (κ3) is 13.6. The maximum atomic E-state index is 13.3. The Morgan fingerprint density at radius 1 is 0.587 bits per heavy atom. The van der Waals surface area contributed by atoms with Gasteiger partial charge >= 0.3 is 0 Å². The highest BCUT2D eigenvalue weighted by Crippen LogP contribution is 2.36. The van der Waals surface area contributed by atoms with Crippen molar-refractivity contribution in [3.63, 3.8) is 0 Å². The lowest BCUT2D eigenvalue weighted by molar-refractivity contribution is -0.326. The fraction of sp³-hybridized carbons (Fsp3) is 0.735. The van der Waals surface area contributed by atoms with Gasteiger partial charge in [-0.2, -0.15) is 0 Å². The van der Waals surface area contributed by atoms with Crippen molar-refractivity contribution in [1.29, 1.82) is 0 Å². The molecule has 19 N–H and O–H groups in total. The Hall–Kier alpha value is -0.980. The van der Waals surface area contributed by atoms with Gasteiger partial charge in [0.25, 0.3) is 11.8 Å². The van der Waals surface area contributed by atoms with Gasteiger partial charge in [0.15, 0.2) is 24.8 Å². The number of carbonyl (C=O) groups is 3. The van der Waals surface area contributed by atoms with Crippen molar-refractivity contribution in [3.8, 4) is 0 Å². The molecule has 26 nitrogen and oxygen atoms in total. The van der Waals surface area contributed by atoms with Gasteiger partial charge in [-0.3, -0.25) is 14.4 Å². The van der Waals surface area contributed by atoms with Crippen LogP contribution in [0.3, 0.4) is 0 Å². The molecule has 2 aliphatic heterocycles. The van der Waals surface area contributed by atoms with Crippen molar-refractivity contribution < 1.29 is 115 Å². The van der Waals surface area contributed by atoms with E-state index in [-0.39, 0.29) is 16.8 Å². The predicted octanol–water partition coefficient (Wildman–Crippen LogP) is -8.79. The molecule has 0 bridgehead atoms. The van der Waals surface area contributed by atoms with E-state index in [1.54, 1.807) is 0 Å². The van der Waals surface area contributed by atoms with Crippen molar-refractivity contribution in [2.24, 2.45) is 0 Å². The molecule has 0 spiro atoms. The quantitative estimate of drug-likeness (QED) is 0.0508. The first-order chi connectivity index (χ1) is 29.5. The SMILES string of the molecule is CC(=O)Nc1c(I)c(CNC(=O)[C@H](O)[C@@H](O)[C@H](O[C@@H]2O[C@H](CO)[C@H](O)[C@H](O)[C@H]2O)[C@H](O)CO)c(I)c(CNC(=O)[C@H](O)[C@@H](O)[C@H](O[C@@H]2O[C@H](CO)[C@H](O)[C@H](O)[C@H]2O)[C@H](O)CO)c1I. The molecular formula is C34H52I3N3O23. The maximum absolute atomic E-state index is 13.3. The number of carbonyl (C=O) groups excluding carboxylic acids is 3. The third-order valence-corrected chi connectivity index (χ3v) is 13.6. The lowest BCUT2D eigenvalue weighted by Gasteiger charge is -2.42. The highest BCUT2D eigenvalue weighted by atomic mass is 127. The molecule has 0 aromatic heterocycles. The molecule has 2 aliphatic rings. The van der Waals surface area contributed by atoms with Crippen LogP contribution < -0.4 is 16.0 Å². The number of rotatable bonds is 21. The summed E-state index contributed by atoms with van der Waals surface area (Å²) < 4.78 is 22.1. The topological polar surface area (TPSA) is 448 Å². The van der Waals surface area contributed by atoms with Crippen molar-refractivity contribution in [3.05, 3.63) is 21.8 Å². The number of amides is 3. The van der Waals surface area contributed by atoms with Crippen molar-refractivity contribution in [2.45, 2.75) is 130 Å². The highest BCUT2D eigenvalue weighted by Gasteiger charge is 2.49. The van der Waals surface area contributed by atoms with Crippen LogP contribution in [0.1, 0.15) is 18.1 Å². The van der Waals surface area contributed by atoms with Gasteiger partial charge in [-0.1, -0.05) is 0 Å². The molecule has 0 saturated carbocycles. The van der Waals surface area contributed by atoms with Gasteiger partial charge in [-0.15, -0.1) is 0 Å². The van der Waals surface area contributed by atoms with E-state index in [1.807, 2.05) is 67.8 Å². The number of aliphatic hydroxyl groups is 16. The summed E-state index contributed by atoms with van der Waals surface area (Å²) in [5, 5.41) is 171. The van der Waals surface area contributed by atoms with Gasteiger partial charge in [-0.25, -0.2) is 0 Å². The number of halogens is 3. The second kappa shape index (κ2) is 25.4. The minimum absolute atomic E-state index is 0.178. The lowest BCUT2D eigenvalue weighted by atomic mass is 9.98. The molecule has 63 heavy (non-hydrogen) atoms. The smallest absolute Gasteiger partial charge is 0.251 e. The normalized spacial score (nSPS) is 30.3. The summed E-state index contributed by atoms with van der Waals surface area (Å²) in [6.07, 6.45) is -36.3. The summed E-state index contributed by atoms with van der Waals surface area (Å²) in [7, 11) is 0. The van der Waals surface area contributed by atoms with Crippen LogP contribution in [-0.2, 0) is 46.4 Å². The summed E-state index contributed by atoms with van der Waals surface area (Å²) in [6.45, 7) is -3.69. The van der Waals surface area contributed by atoms with E-state index >= 15 is 0 Å². The molecule has 2 fully saturated rings. The van der Waals surface area contributed by atoms with E-state index in [9.17, 15) is 96.1 Å². The Morgan fingerprint density at radius 3 is 1.24 bits per heavy atom. The fourth-order valence-electron chi connectivity index (χ4n) is 6.27. The first-order valence-electron chi connectivity index (χ1n) is 18.7. The molecule has 3 rings (SSSR count).